The van der Waals surface area contributed by atoms with Crippen LogP contribution in [0.4, 0.5) is 4.79 Å². The van der Waals surface area contributed by atoms with Gasteiger partial charge < -0.3 is 15.0 Å². The van der Waals surface area contributed by atoms with Gasteiger partial charge in [0.1, 0.15) is 12.6 Å². The second kappa shape index (κ2) is 6.10. The molecule has 3 heterocycles. The van der Waals surface area contributed by atoms with Crippen LogP contribution in [0.15, 0.2) is 24.5 Å². The number of hydrogen-bond acceptors (Lipinski definition) is 5. The molecule has 0 saturated carbocycles. The Bertz CT molecular complexity index is 576. The van der Waals surface area contributed by atoms with E-state index >= 15 is 0 Å². The third kappa shape index (κ3) is 2.91. The molecule has 1 unspecified atom stereocenters. The minimum atomic E-state index is -0.518. The molecule has 1 aromatic heterocycles. The van der Waals surface area contributed by atoms with Crippen molar-refractivity contribution >= 4 is 17.8 Å². The Balaban J connectivity index is 1.63. The van der Waals surface area contributed by atoms with Crippen LogP contribution in [0, 0.1) is 0 Å². The SMILES string of the molecule is O=C(CN1C(=O)CNC1=O)N1CCOC(c2cccnc2)C1. The number of amides is 4. The number of rotatable bonds is 3. The van der Waals surface area contributed by atoms with Gasteiger partial charge in [-0.15, -0.1) is 0 Å². The molecule has 2 aliphatic heterocycles. The quantitative estimate of drug-likeness (QED) is 0.763. The highest BCUT2D eigenvalue weighted by molar-refractivity contribution is 6.04. The fourth-order valence-corrected chi connectivity index (χ4v) is 2.49. The van der Waals surface area contributed by atoms with Crippen LogP contribution in [0.2, 0.25) is 0 Å². The molecule has 8 heteroatoms. The van der Waals surface area contributed by atoms with Gasteiger partial charge >= 0.3 is 6.03 Å². The fraction of sp³-hybridized carbons (Fsp3) is 0.429. The first kappa shape index (κ1) is 14.5. The van der Waals surface area contributed by atoms with Gasteiger partial charge in [-0.1, -0.05) is 6.07 Å². The van der Waals surface area contributed by atoms with Crippen molar-refractivity contribution in [2.45, 2.75) is 6.10 Å². The Morgan fingerprint density at radius 2 is 2.32 bits per heavy atom. The zero-order valence-corrected chi connectivity index (χ0v) is 11.9. The fourth-order valence-electron chi connectivity index (χ4n) is 2.49. The smallest absolute Gasteiger partial charge is 0.325 e. The first-order valence-electron chi connectivity index (χ1n) is 7.02. The van der Waals surface area contributed by atoms with Gasteiger partial charge in [-0.05, 0) is 6.07 Å². The molecule has 0 bridgehead atoms. The van der Waals surface area contributed by atoms with Crippen LogP contribution in [-0.4, -0.2) is 65.4 Å². The lowest BCUT2D eigenvalue weighted by molar-refractivity contribution is -0.142. The molecule has 2 saturated heterocycles. The summed E-state index contributed by atoms with van der Waals surface area (Å²) in [6.07, 6.45) is 3.14. The Morgan fingerprint density at radius 1 is 1.45 bits per heavy atom. The van der Waals surface area contributed by atoms with Crippen molar-refractivity contribution < 1.29 is 19.1 Å². The zero-order valence-electron chi connectivity index (χ0n) is 11.9. The van der Waals surface area contributed by atoms with Crippen molar-refractivity contribution in [3.05, 3.63) is 30.1 Å². The van der Waals surface area contributed by atoms with E-state index in [9.17, 15) is 14.4 Å². The van der Waals surface area contributed by atoms with Crippen LogP contribution in [0.3, 0.4) is 0 Å². The summed E-state index contributed by atoms with van der Waals surface area (Å²) in [5, 5.41) is 2.40. The molecule has 1 atom stereocenters. The first-order chi connectivity index (χ1) is 10.6. The summed E-state index contributed by atoms with van der Waals surface area (Å²) in [5.41, 5.74) is 0.898. The molecule has 0 radical (unpaired) electrons. The maximum absolute atomic E-state index is 12.3. The number of morpholine rings is 1. The number of hydrogen-bond donors (Lipinski definition) is 1. The second-order valence-electron chi connectivity index (χ2n) is 5.12. The summed E-state index contributed by atoms with van der Waals surface area (Å²) in [4.78, 5) is 41.9. The number of nitrogens with one attached hydrogen (secondary N) is 1. The Hall–Kier alpha value is -2.48. The van der Waals surface area contributed by atoms with Gasteiger partial charge in [0.05, 0.1) is 19.7 Å². The Labute approximate surface area is 127 Å². The van der Waals surface area contributed by atoms with Gasteiger partial charge in [0.25, 0.3) is 5.91 Å². The average Bonchev–Trinajstić information content (AvgIpc) is 2.88. The molecule has 1 N–H and O–H groups in total. The van der Waals surface area contributed by atoms with E-state index in [-0.39, 0.29) is 31.0 Å². The van der Waals surface area contributed by atoms with Crippen LogP contribution >= 0.6 is 0 Å². The normalized spacial score (nSPS) is 21.9. The van der Waals surface area contributed by atoms with Crippen LogP contribution in [0.1, 0.15) is 11.7 Å². The van der Waals surface area contributed by atoms with Crippen molar-refractivity contribution in [3.8, 4) is 0 Å². The van der Waals surface area contributed by atoms with Gasteiger partial charge in [0.2, 0.25) is 5.91 Å². The number of carbonyl (C=O) groups excluding carboxylic acids is 3. The van der Waals surface area contributed by atoms with Gasteiger partial charge in [0.15, 0.2) is 0 Å². The molecule has 2 fully saturated rings. The van der Waals surface area contributed by atoms with E-state index in [4.69, 9.17) is 4.74 Å². The first-order valence-corrected chi connectivity index (χ1v) is 7.02. The molecular formula is C14H16N4O4. The van der Waals surface area contributed by atoms with Gasteiger partial charge in [-0.2, -0.15) is 0 Å². The van der Waals surface area contributed by atoms with E-state index in [1.165, 1.54) is 0 Å². The standard InChI is InChI=1S/C14H16N4O4/c19-12-7-16-14(21)18(12)9-13(20)17-4-5-22-11(8-17)10-2-1-3-15-6-10/h1-3,6,11H,4-5,7-9H2,(H,16,21). The van der Waals surface area contributed by atoms with E-state index < -0.39 is 6.03 Å². The van der Waals surface area contributed by atoms with Gasteiger partial charge in [-0.3, -0.25) is 19.5 Å². The molecule has 3 rings (SSSR count). The lowest BCUT2D eigenvalue weighted by Crippen LogP contribution is -2.48. The van der Waals surface area contributed by atoms with Crippen LogP contribution < -0.4 is 5.32 Å². The second-order valence-corrected chi connectivity index (χ2v) is 5.12. The van der Waals surface area contributed by atoms with E-state index in [1.54, 1.807) is 17.3 Å². The number of aromatic nitrogens is 1. The molecule has 8 nitrogen and oxygen atoms in total. The molecule has 0 aliphatic carbocycles. The molecule has 1 aromatic rings. The van der Waals surface area contributed by atoms with Crippen LogP contribution in [0.5, 0.6) is 0 Å². The average molecular weight is 304 g/mol. The van der Waals surface area contributed by atoms with E-state index in [0.717, 1.165) is 10.5 Å². The number of carbonyl (C=O) groups is 3. The highest BCUT2D eigenvalue weighted by Crippen LogP contribution is 2.21. The molecule has 0 aromatic carbocycles. The molecule has 22 heavy (non-hydrogen) atoms. The van der Waals surface area contributed by atoms with Crippen LogP contribution in [-0.2, 0) is 14.3 Å². The molecule has 2 aliphatic rings. The predicted octanol–water partition coefficient (Wildman–Crippen LogP) is -0.467. The monoisotopic (exact) mass is 304 g/mol. The number of imide groups is 1. The predicted molar refractivity (Wildman–Crippen MR) is 74.6 cm³/mol. The topological polar surface area (TPSA) is 91.8 Å². The van der Waals surface area contributed by atoms with E-state index in [2.05, 4.69) is 10.3 Å². The highest BCUT2D eigenvalue weighted by Gasteiger charge is 2.33. The summed E-state index contributed by atoms with van der Waals surface area (Å²) in [5.74, 6) is -0.641. The van der Waals surface area contributed by atoms with Crippen molar-refractivity contribution in [1.29, 1.82) is 0 Å². The van der Waals surface area contributed by atoms with Crippen molar-refractivity contribution in [1.82, 2.24) is 20.1 Å². The molecular weight excluding hydrogens is 288 g/mol. The Kier molecular flexibility index (Phi) is 4.01. The summed E-state index contributed by atoms with van der Waals surface area (Å²) in [6.45, 7) is 0.955. The number of pyridine rings is 1. The van der Waals surface area contributed by atoms with E-state index in [1.807, 2.05) is 12.1 Å². The third-order valence-corrected chi connectivity index (χ3v) is 3.71. The summed E-state index contributed by atoms with van der Waals surface area (Å²) in [6, 6.07) is 3.19. The molecule has 116 valence electrons. The minimum Gasteiger partial charge on any atom is -0.370 e. The summed E-state index contributed by atoms with van der Waals surface area (Å²) in [7, 11) is 0. The number of urea groups is 1. The lowest BCUT2D eigenvalue weighted by Gasteiger charge is -2.33. The lowest BCUT2D eigenvalue weighted by atomic mass is 10.1. The maximum Gasteiger partial charge on any atom is 0.325 e. The van der Waals surface area contributed by atoms with E-state index in [0.29, 0.717) is 19.7 Å². The number of nitrogens with zero attached hydrogens (tertiary/aromatic N) is 3. The third-order valence-electron chi connectivity index (χ3n) is 3.71. The van der Waals surface area contributed by atoms with Crippen molar-refractivity contribution in [2.75, 3.05) is 32.8 Å². The van der Waals surface area contributed by atoms with Gasteiger partial charge in [-0.25, -0.2) is 4.79 Å². The van der Waals surface area contributed by atoms with Gasteiger partial charge in [0, 0.05) is 24.5 Å². The zero-order chi connectivity index (χ0) is 15.5. The van der Waals surface area contributed by atoms with Crippen molar-refractivity contribution in [3.63, 3.8) is 0 Å². The maximum atomic E-state index is 12.3. The van der Waals surface area contributed by atoms with Crippen LogP contribution in [0.25, 0.3) is 0 Å². The molecule has 4 amide bonds. The minimum absolute atomic E-state index is 0.0481. The summed E-state index contributed by atoms with van der Waals surface area (Å²) >= 11 is 0. The summed E-state index contributed by atoms with van der Waals surface area (Å²) < 4.78 is 5.66. The highest BCUT2D eigenvalue weighted by atomic mass is 16.5. The Morgan fingerprint density at radius 3 is 3.00 bits per heavy atom. The van der Waals surface area contributed by atoms with Crippen molar-refractivity contribution in [2.24, 2.45) is 0 Å². The largest absolute Gasteiger partial charge is 0.370 e. The number of ether oxygens (including phenoxy) is 1. The molecule has 0 spiro atoms.